The molecule has 350 valence electrons. The molecule has 2 heterocycles. The second kappa shape index (κ2) is 14.6. The molecule has 3 nitrogen and oxygen atoms in total. The van der Waals surface area contributed by atoms with Gasteiger partial charge >= 0.3 is 0 Å². The van der Waals surface area contributed by atoms with Crippen molar-refractivity contribution in [2.45, 2.75) is 63.2 Å². The first-order chi connectivity index (χ1) is 35.5. The van der Waals surface area contributed by atoms with Crippen molar-refractivity contribution in [2.24, 2.45) is 0 Å². The molecule has 0 saturated carbocycles. The molecule has 10 aromatic carbocycles. The van der Waals surface area contributed by atoms with Gasteiger partial charge in [0.05, 0.1) is 21.9 Å². The van der Waals surface area contributed by atoms with Crippen molar-refractivity contribution in [2.75, 3.05) is 4.90 Å². The van der Waals surface area contributed by atoms with E-state index in [2.05, 4.69) is 259 Å². The molecule has 1 aromatic heterocycles. The van der Waals surface area contributed by atoms with Crippen LogP contribution >= 0.6 is 0 Å². The predicted octanol–water partition coefficient (Wildman–Crippen LogP) is 18.5. The van der Waals surface area contributed by atoms with Crippen LogP contribution in [0.15, 0.2) is 217 Å². The summed E-state index contributed by atoms with van der Waals surface area (Å²) in [5.74, 6) is 1.79. The van der Waals surface area contributed by atoms with Crippen molar-refractivity contribution in [1.82, 2.24) is 0 Å². The van der Waals surface area contributed by atoms with Crippen LogP contribution in [0.1, 0.15) is 97.2 Å². The quantitative estimate of drug-likeness (QED) is 0.176. The molecule has 11 aromatic rings. The molecular weight excluding hydrogens is 887 g/mol. The van der Waals surface area contributed by atoms with Crippen LogP contribution in [0.25, 0.3) is 55.3 Å². The Morgan fingerprint density at radius 1 is 0.342 bits per heavy atom. The molecule has 0 radical (unpaired) electrons. The number of hydrogen-bond donors (Lipinski definition) is 0. The van der Waals surface area contributed by atoms with Gasteiger partial charge in [0.1, 0.15) is 22.7 Å². The largest absolute Gasteiger partial charge is 0.457 e. The maximum absolute atomic E-state index is 7.07. The van der Waals surface area contributed by atoms with E-state index in [1.807, 2.05) is 0 Å². The van der Waals surface area contributed by atoms with E-state index >= 15 is 0 Å². The van der Waals surface area contributed by atoms with Crippen LogP contribution in [0.4, 0.5) is 17.1 Å². The summed E-state index contributed by atoms with van der Waals surface area (Å²) in [6, 6.07) is 79.7. The maximum Gasteiger partial charge on any atom is 0.137 e. The SMILES string of the molecule is CC(C)(C)c1ccc2c(c1)C1(c3cc(C(C)(C)C)ccc3O2)c2ccccc2-c2ccc(N(c3ccc4c(c3)C3(c5ccccc5-c5ccccc53)c3ccccc3-4)c3cccc4oc5ccccc5c34)cc21. The van der Waals surface area contributed by atoms with Crippen molar-refractivity contribution in [3.05, 3.63) is 268 Å². The van der Waals surface area contributed by atoms with Crippen LogP contribution in [0.2, 0.25) is 0 Å². The molecule has 3 aliphatic carbocycles. The van der Waals surface area contributed by atoms with Crippen LogP contribution in [0.3, 0.4) is 0 Å². The van der Waals surface area contributed by atoms with E-state index < -0.39 is 10.8 Å². The van der Waals surface area contributed by atoms with E-state index in [1.165, 1.54) is 89.0 Å². The monoisotopic (exact) mass is 939 g/mol. The van der Waals surface area contributed by atoms with Crippen molar-refractivity contribution in [1.29, 1.82) is 0 Å². The van der Waals surface area contributed by atoms with Crippen molar-refractivity contribution >= 4 is 39.0 Å². The second-order valence-corrected chi connectivity index (χ2v) is 22.7. The third-order valence-corrected chi connectivity index (χ3v) is 16.9. The zero-order valence-corrected chi connectivity index (χ0v) is 42.0. The van der Waals surface area contributed by atoms with Gasteiger partial charge in [-0.3, -0.25) is 0 Å². The van der Waals surface area contributed by atoms with Gasteiger partial charge < -0.3 is 14.1 Å². The summed E-state index contributed by atoms with van der Waals surface area (Å²) in [6.45, 7) is 13.9. The highest BCUT2D eigenvalue weighted by Gasteiger charge is 2.54. The van der Waals surface area contributed by atoms with Gasteiger partial charge in [-0.05, 0) is 155 Å². The fraction of sp³-hybridized carbons (Fsp3) is 0.143. The maximum atomic E-state index is 7.07. The minimum Gasteiger partial charge on any atom is -0.457 e. The summed E-state index contributed by atoms with van der Waals surface area (Å²) < 4.78 is 13.8. The molecule has 0 atom stereocenters. The Kier molecular flexibility index (Phi) is 8.47. The molecule has 0 N–H and O–H groups in total. The number of fused-ring (bicyclic) bond motifs is 22. The summed E-state index contributed by atoms with van der Waals surface area (Å²) in [6.07, 6.45) is 0. The Balaban J connectivity index is 1.05. The van der Waals surface area contributed by atoms with E-state index in [9.17, 15) is 0 Å². The van der Waals surface area contributed by atoms with Crippen molar-refractivity contribution in [3.8, 4) is 44.9 Å². The van der Waals surface area contributed by atoms with Crippen LogP contribution in [-0.4, -0.2) is 0 Å². The minimum absolute atomic E-state index is 0.0969. The molecule has 15 rings (SSSR count). The molecule has 0 saturated heterocycles. The highest BCUT2D eigenvalue weighted by Crippen LogP contribution is 2.66. The van der Waals surface area contributed by atoms with Gasteiger partial charge in [0.2, 0.25) is 0 Å². The van der Waals surface area contributed by atoms with Gasteiger partial charge in [-0.2, -0.15) is 0 Å². The summed E-state index contributed by atoms with van der Waals surface area (Å²) in [5, 5.41) is 2.17. The van der Waals surface area contributed by atoms with Gasteiger partial charge in [-0.25, -0.2) is 0 Å². The number of nitrogens with zero attached hydrogens (tertiary/aromatic N) is 1. The molecule has 0 fully saturated rings. The lowest BCUT2D eigenvalue weighted by molar-refractivity contribution is 0.433. The predicted molar refractivity (Wildman–Crippen MR) is 299 cm³/mol. The molecule has 1 aliphatic heterocycles. The highest BCUT2D eigenvalue weighted by molar-refractivity contribution is 6.13. The number of furan rings is 1. The summed E-state index contributed by atoms with van der Waals surface area (Å²) in [5.41, 5.74) is 23.8. The van der Waals surface area contributed by atoms with Crippen molar-refractivity contribution < 1.29 is 9.15 Å². The lowest BCUT2D eigenvalue weighted by Gasteiger charge is -2.41. The number of benzene rings is 10. The van der Waals surface area contributed by atoms with E-state index in [-0.39, 0.29) is 10.8 Å². The minimum atomic E-state index is -0.700. The highest BCUT2D eigenvalue weighted by atomic mass is 16.5. The number of anilines is 3. The summed E-state index contributed by atoms with van der Waals surface area (Å²) in [4.78, 5) is 2.52. The first kappa shape index (κ1) is 42.3. The van der Waals surface area contributed by atoms with Crippen LogP contribution in [-0.2, 0) is 21.7 Å². The molecule has 0 amide bonds. The lowest BCUT2D eigenvalue weighted by Crippen LogP contribution is -2.33. The van der Waals surface area contributed by atoms with Gasteiger partial charge in [-0.1, -0.05) is 187 Å². The molecule has 3 heteroatoms. The fourth-order valence-corrected chi connectivity index (χ4v) is 13.6. The first-order valence-electron chi connectivity index (χ1n) is 25.8. The molecular formula is C70H53NO2. The Morgan fingerprint density at radius 2 is 0.753 bits per heavy atom. The van der Waals surface area contributed by atoms with Crippen LogP contribution in [0.5, 0.6) is 11.5 Å². The summed E-state index contributed by atoms with van der Waals surface area (Å²) >= 11 is 0. The number of rotatable bonds is 3. The van der Waals surface area contributed by atoms with Gasteiger partial charge in [0, 0.05) is 27.9 Å². The number of para-hydroxylation sites is 1. The smallest absolute Gasteiger partial charge is 0.137 e. The standard InChI is InChI=1S/C70H53NO2/c1-67(2,3)42-30-36-63-59(38-42)70(60-39-43(68(4,5)6)31-37-64(60)73-63)56-26-15-10-21-49(56)51-35-33-45(41-58(51)70)71(61-27-17-29-65-66(61)52-22-11-16-28-62(52)72-65)44-32-34-50-48-20-9-14-25-55(48)69(57(50)40-44)53-23-12-7-18-46(53)47-19-8-13-24-54(47)69/h7-41H,1-6H3. The Labute approximate surface area is 427 Å². The second-order valence-electron chi connectivity index (χ2n) is 22.7. The normalized spacial score (nSPS) is 14.8. The number of ether oxygens (including phenoxy) is 1. The fourth-order valence-electron chi connectivity index (χ4n) is 13.6. The summed E-state index contributed by atoms with van der Waals surface area (Å²) in [7, 11) is 0. The number of hydrogen-bond acceptors (Lipinski definition) is 3. The van der Waals surface area contributed by atoms with Crippen LogP contribution < -0.4 is 9.64 Å². The molecule has 2 spiro atoms. The zero-order chi connectivity index (χ0) is 49.2. The van der Waals surface area contributed by atoms with Crippen LogP contribution in [0, 0.1) is 0 Å². The Hall–Kier alpha value is -8.40. The van der Waals surface area contributed by atoms with Gasteiger partial charge in [0.15, 0.2) is 0 Å². The average molecular weight is 940 g/mol. The molecule has 4 aliphatic rings. The van der Waals surface area contributed by atoms with Gasteiger partial charge in [-0.15, -0.1) is 0 Å². The van der Waals surface area contributed by atoms with E-state index in [0.717, 1.165) is 50.5 Å². The Bertz CT molecular complexity index is 4040. The van der Waals surface area contributed by atoms with Crippen molar-refractivity contribution in [3.63, 3.8) is 0 Å². The molecule has 73 heavy (non-hydrogen) atoms. The van der Waals surface area contributed by atoms with E-state index in [4.69, 9.17) is 9.15 Å². The Morgan fingerprint density at radius 3 is 1.23 bits per heavy atom. The third kappa shape index (κ3) is 5.55. The first-order valence-corrected chi connectivity index (χ1v) is 25.8. The topological polar surface area (TPSA) is 25.6 Å². The third-order valence-electron chi connectivity index (χ3n) is 16.9. The molecule has 0 bridgehead atoms. The van der Waals surface area contributed by atoms with Gasteiger partial charge in [0.25, 0.3) is 0 Å². The van der Waals surface area contributed by atoms with E-state index in [0.29, 0.717) is 0 Å². The average Bonchev–Trinajstić information content (AvgIpc) is 4.13. The van der Waals surface area contributed by atoms with E-state index in [1.54, 1.807) is 0 Å². The zero-order valence-electron chi connectivity index (χ0n) is 42.0. The lowest BCUT2D eigenvalue weighted by atomic mass is 9.64. The molecule has 0 unspecified atom stereocenters.